The van der Waals surface area contributed by atoms with E-state index in [1.807, 2.05) is 30.3 Å². The van der Waals surface area contributed by atoms with Crippen molar-refractivity contribution in [2.45, 2.75) is 0 Å². The fourth-order valence-corrected chi connectivity index (χ4v) is 1.74. The average Bonchev–Trinajstić information content (AvgIpc) is 2.38. The number of benzene rings is 2. The first-order valence-corrected chi connectivity index (χ1v) is 6.29. The summed E-state index contributed by atoms with van der Waals surface area (Å²) in [5, 5.41) is 0. The summed E-state index contributed by atoms with van der Waals surface area (Å²) >= 11 is 3.42. The lowest BCUT2D eigenvalue weighted by molar-refractivity contribution is 1.61. The van der Waals surface area contributed by atoms with Gasteiger partial charge in [0, 0.05) is 4.47 Å². The molecule has 0 aliphatic rings. The molecular weight excluding hydrogens is 272 g/mol. The van der Waals surface area contributed by atoms with E-state index in [0.717, 1.165) is 4.47 Å². The molecule has 0 fully saturated rings. The van der Waals surface area contributed by atoms with Crippen LogP contribution in [0, 0.1) is 0 Å². The van der Waals surface area contributed by atoms with Gasteiger partial charge in [0.1, 0.15) is 0 Å². The Morgan fingerprint density at radius 3 is 1.76 bits per heavy atom. The molecule has 0 amide bonds. The van der Waals surface area contributed by atoms with Crippen LogP contribution >= 0.6 is 15.9 Å². The fraction of sp³-hybridized carbons (Fsp3) is 0. The van der Waals surface area contributed by atoms with Gasteiger partial charge >= 0.3 is 0 Å². The summed E-state index contributed by atoms with van der Waals surface area (Å²) in [4.78, 5) is 0. The topological polar surface area (TPSA) is 0 Å². The minimum Gasteiger partial charge on any atom is -0.0622 e. The third-order valence-corrected chi connectivity index (χ3v) is 2.89. The largest absolute Gasteiger partial charge is 0.0622 e. The van der Waals surface area contributed by atoms with Gasteiger partial charge in [-0.2, -0.15) is 0 Å². The predicted molar refractivity (Wildman–Crippen MR) is 78.7 cm³/mol. The van der Waals surface area contributed by atoms with Crippen molar-refractivity contribution in [3.8, 4) is 0 Å². The van der Waals surface area contributed by atoms with Gasteiger partial charge in [0.25, 0.3) is 0 Å². The summed E-state index contributed by atoms with van der Waals surface area (Å²) in [5.74, 6) is 0. The zero-order chi connectivity index (χ0) is 11.9. The Labute approximate surface area is 110 Å². The molecular formula is C16H13Br. The average molecular weight is 285 g/mol. The Kier molecular flexibility index (Phi) is 4.34. The quantitative estimate of drug-likeness (QED) is 0.682. The molecule has 0 N–H and O–H groups in total. The van der Waals surface area contributed by atoms with Crippen LogP contribution in [0.15, 0.2) is 71.2 Å². The van der Waals surface area contributed by atoms with E-state index in [1.54, 1.807) is 0 Å². The Bertz CT molecular complexity index is 507. The Hall–Kier alpha value is -1.60. The first-order chi connectivity index (χ1) is 8.34. The second-order valence-electron chi connectivity index (χ2n) is 3.68. The first kappa shape index (κ1) is 11.9. The molecule has 2 rings (SSSR count). The van der Waals surface area contributed by atoms with Gasteiger partial charge in [-0.15, -0.1) is 0 Å². The Morgan fingerprint density at radius 2 is 1.18 bits per heavy atom. The second-order valence-corrected chi connectivity index (χ2v) is 4.60. The maximum absolute atomic E-state index is 3.42. The van der Waals surface area contributed by atoms with Crippen LogP contribution in [0.5, 0.6) is 0 Å². The van der Waals surface area contributed by atoms with Crippen LogP contribution in [0.4, 0.5) is 0 Å². The van der Waals surface area contributed by atoms with Crippen molar-refractivity contribution in [3.63, 3.8) is 0 Å². The summed E-state index contributed by atoms with van der Waals surface area (Å²) in [6, 6.07) is 18.5. The lowest BCUT2D eigenvalue weighted by atomic mass is 10.2. The number of rotatable bonds is 3. The van der Waals surface area contributed by atoms with E-state index in [2.05, 4.69) is 64.5 Å². The van der Waals surface area contributed by atoms with Crippen molar-refractivity contribution in [1.29, 1.82) is 0 Å². The molecule has 0 saturated heterocycles. The summed E-state index contributed by atoms with van der Waals surface area (Å²) < 4.78 is 1.11. The van der Waals surface area contributed by atoms with Gasteiger partial charge in [0.05, 0.1) is 0 Å². The number of halogens is 1. The minimum absolute atomic E-state index is 1.11. The van der Waals surface area contributed by atoms with Crippen molar-refractivity contribution in [2.24, 2.45) is 0 Å². The van der Waals surface area contributed by atoms with Gasteiger partial charge < -0.3 is 0 Å². The fourth-order valence-electron chi connectivity index (χ4n) is 1.47. The molecule has 0 aliphatic heterocycles. The molecule has 0 atom stereocenters. The lowest BCUT2D eigenvalue weighted by Gasteiger charge is -1.92. The molecule has 2 aromatic carbocycles. The van der Waals surface area contributed by atoms with E-state index < -0.39 is 0 Å². The standard InChI is InChI=1S/C16H13Br/c17-16-12-10-15(11-13-16)9-5-4-8-14-6-2-1-3-7-14/h1-13H/b8-4+,9-5+. The van der Waals surface area contributed by atoms with Crippen LogP contribution in [0.25, 0.3) is 12.2 Å². The zero-order valence-electron chi connectivity index (χ0n) is 9.38. The lowest BCUT2D eigenvalue weighted by Crippen LogP contribution is -1.70. The van der Waals surface area contributed by atoms with E-state index in [1.165, 1.54) is 11.1 Å². The first-order valence-electron chi connectivity index (χ1n) is 5.50. The smallest absolute Gasteiger partial charge is 0.0175 e. The highest BCUT2D eigenvalue weighted by Crippen LogP contribution is 2.11. The Balaban J connectivity index is 1.98. The molecule has 0 heterocycles. The van der Waals surface area contributed by atoms with Crippen LogP contribution in [0.1, 0.15) is 11.1 Å². The van der Waals surface area contributed by atoms with Crippen molar-refractivity contribution in [3.05, 3.63) is 82.3 Å². The molecule has 0 bridgehead atoms. The second kappa shape index (κ2) is 6.21. The molecule has 2 aromatic rings. The van der Waals surface area contributed by atoms with Crippen molar-refractivity contribution >= 4 is 28.1 Å². The molecule has 0 spiro atoms. The SMILES string of the molecule is Brc1ccc(/C=C/C=C/c2ccccc2)cc1. The summed E-state index contributed by atoms with van der Waals surface area (Å²) in [7, 11) is 0. The minimum atomic E-state index is 1.11. The van der Waals surface area contributed by atoms with Crippen LogP contribution in [0.2, 0.25) is 0 Å². The Morgan fingerprint density at radius 1 is 0.647 bits per heavy atom. The van der Waals surface area contributed by atoms with Crippen molar-refractivity contribution in [1.82, 2.24) is 0 Å². The van der Waals surface area contributed by atoms with Crippen LogP contribution < -0.4 is 0 Å². The number of allylic oxidation sites excluding steroid dienone is 2. The molecule has 0 saturated carbocycles. The molecule has 0 nitrogen and oxygen atoms in total. The van der Waals surface area contributed by atoms with Gasteiger partial charge in [-0.05, 0) is 23.3 Å². The normalized spacial score (nSPS) is 11.4. The van der Waals surface area contributed by atoms with Crippen LogP contribution in [-0.4, -0.2) is 0 Å². The van der Waals surface area contributed by atoms with Crippen molar-refractivity contribution in [2.75, 3.05) is 0 Å². The molecule has 0 aliphatic carbocycles. The van der Waals surface area contributed by atoms with E-state index in [0.29, 0.717) is 0 Å². The molecule has 1 heteroatoms. The monoisotopic (exact) mass is 284 g/mol. The zero-order valence-corrected chi connectivity index (χ0v) is 11.0. The summed E-state index contributed by atoms with van der Waals surface area (Å²) in [6.07, 6.45) is 8.29. The summed E-state index contributed by atoms with van der Waals surface area (Å²) in [5.41, 5.74) is 2.42. The van der Waals surface area contributed by atoms with Crippen LogP contribution in [-0.2, 0) is 0 Å². The molecule has 17 heavy (non-hydrogen) atoms. The van der Waals surface area contributed by atoms with E-state index in [9.17, 15) is 0 Å². The maximum atomic E-state index is 3.42. The van der Waals surface area contributed by atoms with E-state index in [-0.39, 0.29) is 0 Å². The third kappa shape index (κ3) is 4.04. The van der Waals surface area contributed by atoms with Gasteiger partial charge in [-0.3, -0.25) is 0 Å². The highest BCUT2D eigenvalue weighted by molar-refractivity contribution is 9.10. The number of hydrogen-bond acceptors (Lipinski definition) is 0. The van der Waals surface area contributed by atoms with Crippen LogP contribution in [0.3, 0.4) is 0 Å². The van der Waals surface area contributed by atoms with E-state index >= 15 is 0 Å². The highest BCUT2D eigenvalue weighted by atomic mass is 79.9. The highest BCUT2D eigenvalue weighted by Gasteiger charge is 1.86. The van der Waals surface area contributed by atoms with Gasteiger partial charge in [0.15, 0.2) is 0 Å². The molecule has 0 aromatic heterocycles. The molecule has 0 radical (unpaired) electrons. The maximum Gasteiger partial charge on any atom is 0.0175 e. The molecule has 84 valence electrons. The van der Waals surface area contributed by atoms with Gasteiger partial charge in [-0.1, -0.05) is 82.7 Å². The van der Waals surface area contributed by atoms with E-state index in [4.69, 9.17) is 0 Å². The number of hydrogen-bond donors (Lipinski definition) is 0. The third-order valence-electron chi connectivity index (χ3n) is 2.36. The van der Waals surface area contributed by atoms with Gasteiger partial charge in [0.2, 0.25) is 0 Å². The van der Waals surface area contributed by atoms with Crippen molar-refractivity contribution < 1.29 is 0 Å². The molecule has 0 unspecified atom stereocenters. The van der Waals surface area contributed by atoms with Gasteiger partial charge in [-0.25, -0.2) is 0 Å². The summed E-state index contributed by atoms with van der Waals surface area (Å²) in [6.45, 7) is 0. The predicted octanol–water partition coefficient (Wildman–Crippen LogP) is 5.18.